The van der Waals surface area contributed by atoms with Gasteiger partial charge >= 0.3 is 0 Å². The van der Waals surface area contributed by atoms with Crippen LogP contribution in [0.4, 0.5) is 5.13 Å². The summed E-state index contributed by atoms with van der Waals surface area (Å²) in [7, 11) is 1.62. The average Bonchev–Trinajstić information content (AvgIpc) is 3.48. The highest BCUT2D eigenvalue weighted by Gasteiger charge is 2.16. The zero-order valence-corrected chi connectivity index (χ0v) is 18.6. The molecular formula is C20H22N6O2S2. The summed E-state index contributed by atoms with van der Waals surface area (Å²) in [4.78, 5) is 25.4. The van der Waals surface area contributed by atoms with E-state index in [1.165, 1.54) is 11.3 Å². The number of aromatic amines is 1. The second-order valence-electron chi connectivity index (χ2n) is 6.47. The van der Waals surface area contributed by atoms with Crippen LogP contribution >= 0.6 is 22.7 Å². The van der Waals surface area contributed by atoms with Crippen LogP contribution in [-0.4, -0.2) is 46.3 Å². The first-order valence-electron chi connectivity index (χ1n) is 9.60. The molecule has 1 aromatic carbocycles. The normalized spacial score (nSPS) is 11.0. The lowest BCUT2D eigenvalue weighted by atomic mass is 10.2. The lowest BCUT2D eigenvalue weighted by Crippen LogP contribution is -2.22. The summed E-state index contributed by atoms with van der Waals surface area (Å²) in [6, 6.07) is 9.40. The highest BCUT2D eigenvalue weighted by atomic mass is 32.1. The Morgan fingerprint density at radius 2 is 1.93 bits per heavy atom. The lowest BCUT2D eigenvalue weighted by molar-refractivity contribution is 0.0954. The predicted molar refractivity (Wildman–Crippen MR) is 121 cm³/mol. The van der Waals surface area contributed by atoms with Gasteiger partial charge in [0.25, 0.3) is 5.91 Å². The number of methoxy groups -OCH3 is 1. The van der Waals surface area contributed by atoms with E-state index < -0.39 is 0 Å². The molecule has 30 heavy (non-hydrogen) atoms. The van der Waals surface area contributed by atoms with Crippen molar-refractivity contribution < 1.29 is 9.53 Å². The van der Waals surface area contributed by atoms with Crippen molar-refractivity contribution in [3.05, 3.63) is 41.0 Å². The number of nitrogens with one attached hydrogen (secondary N) is 2. The molecule has 2 N–H and O–H groups in total. The van der Waals surface area contributed by atoms with Crippen LogP contribution < -0.4 is 15.0 Å². The standard InChI is InChI=1S/C20H22N6O2S2/c1-4-26(5-2)20-23-19-15(30-20)10-14(29-19)18(27)21-11-16-22-17(25-24-16)12-6-8-13(28-3)9-7-12/h6-10H,4-5,11H2,1-3H3,(H,21,27)(H,22,24,25). The van der Waals surface area contributed by atoms with Crippen molar-refractivity contribution in [2.45, 2.75) is 20.4 Å². The summed E-state index contributed by atoms with van der Waals surface area (Å²) < 4.78 is 6.20. The van der Waals surface area contributed by atoms with E-state index in [1.54, 1.807) is 18.4 Å². The van der Waals surface area contributed by atoms with Gasteiger partial charge in [0.2, 0.25) is 0 Å². The number of nitrogens with zero attached hydrogens (tertiary/aromatic N) is 4. The van der Waals surface area contributed by atoms with E-state index >= 15 is 0 Å². The Morgan fingerprint density at radius 1 is 1.17 bits per heavy atom. The minimum Gasteiger partial charge on any atom is -0.497 e. The van der Waals surface area contributed by atoms with Crippen LogP contribution in [0.2, 0.25) is 0 Å². The highest BCUT2D eigenvalue weighted by Crippen LogP contribution is 2.34. The quantitative estimate of drug-likeness (QED) is 0.429. The number of hydrogen-bond acceptors (Lipinski definition) is 8. The van der Waals surface area contributed by atoms with Gasteiger partial charge in [-0.3, -0.25) is 9.89 Å². The zero-order valence-electron chi connectivity index (χ0n) is 16.9. The second kappa shape index (κ2) is 8.80. The molecule has 0 atom stereocenters. The van der Waals surface area contributed by atoms with Crippen LogP contribution in [0.3, 0.4) is 0 Å². The Balaban J connectivity index is 1.39. The predicted octanol–water partition coefficient (Wildman–Crippen LogP) is 3.93. The van der Waals surface area contributed by atoms with E-state index in [4.69, 9.17) is 4.74 Å². The summed E-state index contributed by atoms with van der Waals surface area (Å²) in [5.74, 6) is 1.80. The number of thiophene rings is 1. The van der Waals surface area contributed by atoms with Gasteiger partial charge in [-0.15, -0.1) is 11.3 Å². The molecule has 4 rings (SSSR count). The minimum atomic E-state index is -0.142. The minimum absolute atomic E-state index is 0.142. The fraction of sp³-hybridized carbons (Fsp3) is 0.300. The number of H-pyrrole nitrogens is 1. The molecule has 0 unspecified atom stereocenters. The van der Waals surface area contributed by atoms with Crippen molar-refractivity contribution in [2.75, 3.05) is 25.1 Å². The summed E-state index contributed by atoms with van der Waals surface area (Å²) in [6.45, 7) is 6.33. The summed E-state index contributed by atoms with van der Waals surface area (Å²) in [5.41, 5.74) is 0.873. The second-order valence-corrected chi connectivity index (χ2v) is 8.51. The van der Waals surface area contributed by atoms with E-state index in [0.717, 1.165) is 39.1 Å². The summed E-state index contributed by atoms with van der Waals surface area (Å²) in [5, 5.41) is 11.0. The molecule has 0 fully saturated rings. The van der Waals surface area contributed by atoms with Gasteiger partial charge in [-0.25, -0.2) is 9.97 Å². The smallest absolute Gasteiger partial charge is 0.261 e. The molecule has 0 spiro atoms. The largest absolute Gasteiger partial charge is 0.497 e. The van der Waals surface area contributed by atoms with E-state index in [2.05, 4.69) is 44.2 Å². The van der Waals surface area contributed by atoms with Gasteiger partial charge in [0, 0.05) is 18.7 Å². The SMILES string of the molecule is CCN(CC)c1nc2sc(C(=O)NCc3nc(-c4ccc(OC)cc4)n[nH]3)cc2s1. The third-order valence-electron chi connectivity index (χ3n) is 4.63. The summed E-state index contributed by atoms with van der Waals surface area (Å²) >= 11 is 3.03. The number of benzene rings is 1. The molecular weight excluding hydrogens is 420 g/mol. The molecule has 3 aromatic heterocycles. The van der Waals surface area contributed by atoms with E-state index in [1.807, 2.05) is 30.3 Å². The number of fused-ring (bicyclic) bond motifs is 1. The first-order chi connectivity index (χ1) is 14.6. The maximum Gasteiger partial charge on any atom is 0.261 e. The molecule has 10 heteroatoms. The van der Waals surface area contributed by atoms with Crippen molar-refractivity contribution >= 4 is 43.2 Å². The molecule has 0 radical (unpaired) electrons. The Hall–Kier alpha value is -2.98. The van der Waals surface area contributed by atoms with Crippen molar-refractivity contribution in [3.8, 4) is 17.1 Å². The molecule has 0 saturated heterocycles. The van der Waals surface area contributed by atoms with E-state index in [-0.39, 0.29) is 12.5 Å². The number of amides is 1. The topological polar surface area (TPSA) is 96.0 Å². The van der Waals surface area contributed by atoms with Gasteiger partial charge in [0.15, 0.2) is 11.0 Å². The Morgan fingerprint density at radius 3 is 2.60 bits per heavy atom. The zero-order chi connectivity index (χ0) is 21.1. The Labute approximate surface area is 181 Å². The van der Waals surface area contributed by atoms with E-state index in [9.17, 15) is 4.79 Å². The van der Waals surface area contributed by atoms with Crippen LogP contribution in [0.25, 0.3) is 20.9 Å². The number of carbonyl (C=O) groups excluding carboxylic acids is 1. The van der Waals surface area contributed by atoms with Crippen molar-refractivity contribution in [2.24, 2.45) is 0 Å². The van der Waals surface area contributed by atoms with Crippen molar-refractivity contribution in [1.82, 2.24) is 25.5 Å². The number of anilines is 1. The Bertz CT molecular complexity index is 1110. The van der Waals surface area contributed by atoms with Crippen LogP contribution in [0.1, 0.15) is 29.3 Å². The molecule has 0 bridgehead atoms. The lowest BCUT2D eigenvalue weighted by Gasteiger charge is -2.16. The number of carbonyl (C=O) groups is 1. The van der Waals surface area contributed by atoms with Gasteiger partial charge < -0.3 is 15.0 Å². The number of rotatable bonds is 8. The fourth-order valence-corrected chi connectivity index (χ4v) is 5.21. The first-order valence-corrected chi connectivity index (χ1v) is 11.2. The van der Waals surface area contributed by atoms with Crippen molar-refractivity contribution in [3.63, 3.8) is 0 Å². The number of hydrogen-bond donors (Lipinski definition) is 2. The number of ether oxygens (including phenoxy) is 1. The first kappa shape index (κ1) is 20.3. The third-order valence-corrected chi connectivity index (χ3v) is 6.85. The molecule has 0 aliphatic heterocycles. The molecule has 4 aromatic rings. The maximum atomic E-state index is 12.6. The highest BCUT2D eigenvalue weighted by molar-refractivity contribution is 7.29. The third kappa shape index (κ3) is 4.14. The molecule has 156 valence electrons. The molecule has 8 nitrogen and oxygen atoms in total. The van der Waals surface area contributed by atoms with E-state index in [0.29, 0.717) is 16.5 Å². The average molecular weight is 443 g/mol. The van der Waals surface area contributed by atoms with Gasteiger partial charge in [0.05, 0.1) is 23.2 Å². The molecule has 3 heterocycles. The van der Waals surface area contributed by atoms with Crippen LogP contribution in [-0.2, 0) is 6.54 Å². The number of thiazole rings is 1. The van der Waals surface area contributed by atoms with Crippen LogP contribution in [0.5, 0.6) is 5.75 Å². The van der Waals surface area contributed by atoms with Gasteiger partial charge in [0.1, 0.15) is 16.4 Å². The van der Waals surface area contributed by atoms with Crippen molar-refractivity contribution in [1.29, 1.82) is 0 Å². The maximum absolute atomic E-state index is 12.6. The molecule has 0 aliphatic carbocycles. The van der Waals surface area contributed by atoms with Gasteiger partial charge in [-0.05, 0) is 44.2 Å². The van der Waals surface area contributed by atoms with Gasteiger partial charge in [-0.2, -0.15) is 5.10 Å². The Kier molecular flexibility index (Phi) is 5.96. The molecule has 0 saturated carbocycles. The van der Waals surface area contributed by atoms with Crippen LogP contribution in [0.15, 0.2) is 30.3 Å². The fourth-order valence-electron chi connectivity index (χ4n) is 2.96. The van der Waals surface area contributed by atoms with Gasteiger partial charge in [-0.1, -0.05) is 11.3 Å². The molecule has 0 aliphatic rings. The molecule has 1 amide bonds. The number of aromatic nitrogens is 4. The van der Waals surface area contributed by atoms with Crippen LogP contribution in [0, 0.1) is 0 Å². The monoisotopic (exact) mass is 442 g/mol. The summed E-state index contributed by atoms with van der Waals surface area (Å²) in [6.07, 6.45) is 0.